The van der Waals surface area contributed by atoms with Crippen LogP contribution in [0.15, 0.2) is 97.1 Å². The summed E-state index contributed by atoms with van der Waals surface area (Å²) in [5.74, 6) is -9.01. The van der Waals surface area contributed by atoms with Crippen LogP contribution in [0.2, 0.25) is 0 Å². The lowest BCUT2D eigenvalue weighted by Crippen LogP contribution is -2.61. The predicted molar refractivity (Wildman–Crippen MR) is 396 cm³/mol. The van der Waals surface area contributed by atoms with Crippen LogP contribution >= 0.6 is 0 Å². The number of nitrogens with zero attached hydrogens (tertiary/aromatic N) is 5. The molecule has 7 aliphatic rings. The molecular formula is C76H89N9O32. The van der Waals surface area contributed by atoms with Gasteiger partial charge in [-0.05, 0) is 86.1 Å². The van der Waals surface area contributed by atoms with Gasteiger partial charge < -0.3 is 135 Å². The summed E-state index contributed by atoms with van der Waals surface area (Å²) in [6.07, 6.45) is -23.0. The molecule has 0 spiro atoms. The molecule has 41 nitrogen and oxygen atoms in total. The lowest BCUT2D eigenvalue weighted by atomic mass is 9.99. The molecule has 0 saturated carbocycles. The highest BCUT2D eigenvalue weighted by Gasteiger charge is 2.52. The molecule has 0 aromatic heterocycles. The van der Waals surface area contributed by atoms with Gasteiger partial charge in [-0.1, -0.05) is 36.4 Å². The van der Waals surface area contributed by atoms with Crippen molar-refractivity contribution in [2.24, 2.45) is 5.73 Å². The van der Waals surface area contributed by atoms with Crippen molar-refractivity contribution in [2.45, 2.75) is 144 Å². The monoisotopic (exact) mass is 1640 g/mol. The Morgan fingerprint density at radius 3 is 1.36 bits per heavy atom. The standard InChI is InChI=1S/C76H89N9O32/c1-35-22-45-69(99)84(75(105)112-33-37-10-12-48(114-73-60(92)56(88)58(90)62(116-73)71(101)102)41(24-37)64(94)78-16-9-17-79-66(96)47(30-77)83-54(86)14-15-55(83)87)43-28-52(50(108-4)26-39(43)67(97)81(45)31-35)110-19-7-6-8-20-111-53-29-44-40(27-51(53)109-5)68(98)82-32-36(2)23-46(82)70(100)85(44)76(106)113-34-38-11-13-49(42(25-38)65(95)80-18-21-107-3)115-74-61(93)57(89)59(91)63(117-74)72(103)104/h10-15,24-29,45-47,56-63,69-70,73-74,88-93,99-100H,1-2,6-9,16-23,30-34,77H2,3-5H3,(H,78,94)(H,79,96)(H,80,95)(H,101,102)(H,103,104)/t45-,46-,47-,56-,57-,58-,59-,60+,61+,62-,63-,69?,70?,73+,74+/m0/s1. The molecule has 9 amide bonds. The van der Waals surface area contributed by atoms with Crippen molar-refractivity contribution >= 4 is 76.9 Å². The van der Waals surface area contributed by atoms with Crippen LogP contribution in [-0.4, -0.2) is 304 Å². The summed E-state index contributed by atoms with van der Waals surface area (Å²) in [6, 6.07) is 9.43. The number of hydrogen-bond acceptors (Lipinski definition) is 31. The van der Waals surface area contributed by atoms with E-state index in [1.807, 2.05) is 0 Å². The normalized spacial score (nSPS) is 24.9. The summed E-state index contributed by atoms with van der Waals surface area (Å²) in [4.78, 5) is 152. The van der Waals surface area contributed by atoms with Crippen molar-refractivity contribution in [3.8, 4) is 34.5 Å². The Kier molecular flexibility index (Phi) is 27.7. The lowest BCUT2D eigenvalue weighted by Gasteiger charge is -2.38. The molecule has 11 rings (SSSR count). The zero-order chi connectivity index (χ0) is 84.5. The first-order chi connectivity index (χ1) is 55.9. The number of anilines is 2. The number of aliphatic hydroxyl groups excluding tert-OH is 8. The second kappa shape index (κ2) is 37.5. The van der Waals surface area contributed by atoms with Crippen molar-refractivity contribution in [1.82, 2.24) is 30.7 Å². The second-order valence-electron chi connectivity index (χ2n) is 28.0. The van der Waals surface area contributed by atoms with Crippen molar-refractivity contribution in [3.05, 3.63) is 131 Å². The first kappa shape index (κ1) is 86.3. The number of hydrogen-bond donors (Lipinski definition) is 14. The first-order valence-corrected chi connectivity index (χ1v) is 36.9. The number of aliphatic carboxylic acids is 2. The minimum Gasteiger partial charge on any atom is -0.493 e. The van der Waals surface area contributed by atoms with Crippen molar-refractivity contribution in [3.63, 3.8) is 0 Å². The van der Waals surface area contributed by atoms with Gasteiger partial charge in [-0.15, -0.1) is 0 Å². The Hall–Kier alpha value is -11.6. The summed E-state index contributed by atoms with van der Waals surface area (Å²) >= 11 is 0. The summed E-state index contributed by atoms with van der Waals surface area (Å²) < 4.78 is 62.7. The Balaban J connectivity index is 0.765. The van der Waals surface area contributed by atoms with Crippen LogP contribution in [0.5, 0.6) is 34.5 Å². The van der Waals surface area contributed by atoms with E-state index in [0.717, 1.165) is 22.0 Å². The number of unbranched alkanes of at least 4 members (excludes halogenated alkanes) is 2. The SMILES string of the molecule is C=C1C[C@H]2C(O)N(C(=O)OCc3ccc(O[C@@H]4O[C@H](C(=O)O)[C@@H](O)[C@H](O)[C@H]4O)c(C(=O)NCCCNC(=O)[C@H](CN)N4C(=O)C=CC4=O)c3)c3cc(OCCCCCOc4cc5c(cc4OC)C(=O)N4CC(=C)C[C@H]4C(O)N5C(=O)OCc4ccc(O[C@@H]5O[C@H](C(=O)O)[C@@H](O)[C@H](O)[C@H]5O)c(C(=O)NCCOC)c4)c(OC)cc3C(=O)N2C1. The number of nitrogens with one attached hydrogen (secondary N) is 3. The molecule has 2 unspecified atom stereocenters. The van der Waals surface area contributed by atoms with Crippen LogP contribution in [0.3, 0.4) is 0 Å². The number of methoxy groups -OCH3 is 3. The van der Waals surface area contributed by atoms with Crippen LogP contribution in [0.25, 0.3) is 0 Å². The van der Waals surface area contributed by atoms with Crippen LogP contribution in [0.4, 0.5) is 21.0 Å². The fourth-order valence-corrected chi connectivity index (χ4v) is 14.1. The van der Waals surface area contributed by atoms with E-state index in [9.17, 15) is 104 Å². The molecule has 0 radical (unpaired) electrons. The number of carbonyl (C=O) groups is 11. The zero-order valence-electron chi connectivity index (χ0n) is 63.3. The Bertz CT molecular complexity index is 4520. The quantitative estimate of drug-likeness (QED) is 0.0146. The molecule has 7 aliphatic heterocycles. The van der Waals surface area contributed by atoms with Gasteiger partial charge in [0.2, 0.25) is 18.5 Å². The van der Waals surface area contributed by atoms with Crippen molar-refractivity contribution < 1.29 is 156 Å². The third kappa shape index (κ3) is 18.6. The smallest absolute Gasteiger partial charge is 0.416 e. The van der Waals surface area contributed by atoms with E-state index >= 15 is 0 Å². The number of carbonyl (C=O) groups excluding carboxylic acids is 9. The number of fused-ring (bicyclic) bond motifs is 4. The number of nitrogens with two attached hydrogens (primary N) is 1. The molecule has 15 atom stereocenters. The number of carboxylic acids is 2. The zero-order valence-corrected chi connectivity index (χ0v) is 63.3. The molecular weight excluding hydrogens is 1550 g/mol. The summed E-state index contributed by atoms with van der Waals surface area (Å²) in [5, 5.41) is 115. The van der Waals surface area contributed by atoms with E-state index in [1.165, 1.54) is 91.8 Å². The number of amides is 9. The highest BCUT2D eigenvalue weighted by molar-refractivity contribution is 6.15. The lowest BCUT2D eigenvalue weighted by molar-refractivity contribution is -0.271. The predicted octanol–water partition coefficient (Wildman–Crippen LogP) is -1.77. The highest BCUT2D eigenvalue weighted by atomic mass is 16.7. The summed E-state index contributed by atoms with van der Waals surface area (Å²) in [6.45, 7) is 6.23. The molecule has 41 heteroatoms. The van der Waals surface area contributed by atoms with E-state index in [1.54, 1.807) is 0 Å². The molecule has 0 bridgehead atoms. The number of aliphatic hydroxyl groups is 8. The van der Waals surface area contributed by atoms with Crippen molar-refractivity contribution in [2.75, 3.05) is 90.2 Å². The number of imide groups is 1. The minimum absolute atomic E-state index is 0.00398. The summed E-state index contributed by atoms with van der Waals surface area (Å²) in [5.41, 5.74) is 6.00. The van der Waals surface area contributed by atoms with Gasteiger partial charge in [0.05, 0.1) is 79.8 Å². The number of carboxylic acid groups (broad SMARTS) is 2. The van der Waals surface area contributed by atoms with E-state index < -0.39 is 177 Å². The van der Waals surface area contributed by atoms with Gasteiger partial charge >= 0.3 is 24.1 Å². The second-order valence-corrected chi connectivity index (χ2v) is 28.0. The molecule has 4 fully saturated rings. The van der Waals surface area contributed by atoms with Crippen LogP contribution < -0.4 is 59.9 Å². The van der Waals surface area contributed by atoms with E-state index in [2.05, 4.69) is 29.1 Å². The molecule has 4 saturated heterocycles. The number of ether oxygens (including phenoxy) is 11. The fraction of sp³-hybridized carbons (Fsp3) is 0.461. The first-order valence-electron chi connectivity index (χ1n) is 36.9. The van der Waals surface area contributed by atoms with Crippen LogP contribution in [0.1, 0.15) is 91.1 Å². The maximum Gasteiger partial charge on any atom is 0.416 e. The molecule has 15 N–H and O–H groups in total. The molecule has 7 heterocycles. The Morgan fingerprint density at radius 1 is 0.521 bits per heavy atom. The van der Waals surface area contributed by atoms with Crippen LogP contribution in [0, 0.1) is 0 Å². The largest absolute Gasteiger partial charge is 0.493 e. The van der Waals surface area contributed by atoms with Gasteiger partial charge in [0.1, 0.15) is 67.4 Å². The van der Waals surface area contributed by atoms with Gasteiger partial charge in [-0.25, -0.2) is 29.0 Å². The maximum absolute atomic E-state index is 14.7. The topological polar surface area (TPSA) is 570 Å². The van der Waals surface area contributed by atoms with Gasteiger partial charge in [0.15, 0.2) is 47.7 Å². The van der Waals surface area contributed by atoms with Gasteiger partial charge in [0.25, 0.3) is 35.4 Å². The van der Waals surface area contributed by atoms with Gasteiger partial charge in [0, 0.05) is 70.7 Å². The number of benzene rings is 4. The molecule has 4 aromatic rings. The number of rotatable bonds is 32. The van der Waals surface area contributed by atoms with Crippen LogP contribution in [-0.2, 0) is 60.9 Å². The van der Waals surface area contributed by atoms with Gasteiger partial charge in [-0.3, -0.25) is 38.5 Å². The van der Waals surface area contributed by atoms with E-state index in [-0.39, 0.29) is 151 Å². The minimum atomic E-state index is -2.10. The Labute approximate surface area is 665 Å². The third-order valence-corrected chi connectivity index (χ3v) is 20.2. The average molecular weight is 1640 g/mol. The van der Waals surface area contributed by atoms with Gasteiger partial charge in [-0.2, -0.15) is 0 Å². The van der Waals surface area contributed by atoms with E-state index in [4.69, 9.17) is 57.8 Å². The Morgan fingerprint density at radius 2 is 0.949 bits per heavy atom. The van der Waals surface area contributed by atoms with Crippen molar-refractivity contribution in [1.29, 1.82) is 0 Å². The molecule has 4 aromatic carbocycles. The maximum atomic E-state index is 14.7. The molecule has 0 aliphatic carbocycles. The molecule has 117 heavy (non-hydrogen) atoms. The average Bonchev–Trinajstić information content (AvgIpc) is 1.62. The summed E-state index contributed by atoms with van der Waals surface area (Å²) in [7, 11) is 4.04. The van der Waals surface area contributed by atoms with E-state index in [0.29, 0.717) is 35.3 Å². The molecule has 630 valence electrons. The fourth-order valence-electron chi connectivity index (χ4n) is 14.1. The highest BCUT2D eigenvalue weighted by Crippen LogP contribution is 2.45. The third-order valence-electron chi connectivity index (χ3n) is 20.2.